The molecule has 0 radical (unpaired) electrons. The molecule has 0 aromatic carbocycles. The van der Waals surface area contributed by atoms with E-state index >= 15 is 0 Å². The summed E-state index contributed by atoms with van der Waals surface area (Å²) >= 11 is 5.83. The molecule has 3 N–H and O–H groups in total. The zero-order valence-corrected chi connectivity index (χ0v) is 14.1. The van der Waals surface area contributed by atoms with Gasteiger partial charge in [0, 0.05) is 19.3 Å². The van der Waals surface area contributed by atoms with Crippen molar-refractivity contribution in [3.05, 3.63) is 17.3 Å². The Morgan fingerprint density at radius 1 is 1.57 bits per heavy atom. The molecule has 0 amide bonds. The van der Waals surface area contributed by atoms with Crippen molar-refractivity contribution in [2.75, 3.05) is 32.4 Å². The maximum Gasteiger partial charge on any atom is 0.246 e. The van der Waals surface area contributed by atoms with E-state index in [9.17, 15) is 8.42 Å². The lowest BCUT2D eigenvalue weighted by molar-refractivity contribution is 0.263. The van der Waals surface area contributed by atoms with Crippen LogP contribution in [0.4, 0.5) is 5.82 Å². The topological polar surface area (TPSA) is 88.3 Å². The van der Waals surface area contributed by atoms with Crippen LogP contribution in [0, 0.1) is 5.92 Å². The van der Waals surface area contributed by atoms with Crippen LogP contribution in [-0.2, 0) is 10.0 Å². The Bertz CT molecular complexity index is 581. The minimum Gasteiger partial charge on any atom is -0.383 e. The number of nitrogens with zero attached hydrogens (tertiary/aromatic N) is 2. The van der Waals surface area contributed by atoms with Gasteiger partial charge >= 0.3 is 0 Å². The summed E-state index contributed by atoms with van der Waals surface area (Å²) in [6.45, 7) is 1.80. The molecule has 0 saturated carbocycles. The van der Waals surface area contributed by atoms with Crippen molar-refractivity contribution >= 4 is 39.8 Å². The van der Waals surface area contributed by atoms with Gasteiger partial charge in [-0.15, -0.1) is 12.4 Å². The average molecular weight is 355 g/mol. The summed E-state index contributed by atoms with van der Waals surface area (Å²) in [6, 6.07) is 1.36. The average Bonchev–Trinajstić information content (AvgIpc) is 2.42. The Kier molecular flexibility index (Phi) is 6.68. The Morgan fingerprint density at radius 3 is 2.95 bits per heavy atom. The van der Waals surface area contributed by atoms with Crippen LogP contribution >= 0.6 is 24.0 Å². The summed E-state index contributed by atoms with van der Waals surface area (Å²) in [7, 11) is -1.77. The van der Waals surface area contributed by atoms with Gasteiger partial charge < -0.3 is 11.1 Å². The van der Waals surface area contributed by atoms with Crippen molar-refractivity contribution in [2.24, 2.45) is 5.92 Å². The van der Waals surface area contributed by atoms with Gasteiger partial charge in [0.1, 0.15) is 10.7 Å². The highest BCUT2D eigenvalue weighted by Crippen LogP contribution is 2.27. The largest absolute Gasteiger partial charge is 0.383 e. The number of rotatable bonds is 4. The second-order valence-corrected chi connectivity index (χ2v) is 7.31. The van der Waals surface area contributed by atoms with Crippen molar-refractivity contribution in [1.82, 2.24) is 14.6 Å². The summed E-state index contributed by atoms with van der Waals surface area (Å²) in [4.78, 5) is 3.82. The van der Waals surface area contributed by atoms with Crippen LogP contribution in [-0.4, -0.2) is 44.4 Å². The Morgan fingerprint density at radius 2 is 2.29 bits per heavy atom. The van der Waals surface area contributed by atoms with E-state index in [0.29, 0.717) is 19.0 Å². The van der Waals surface area contributed by atoms with Gasteiger partial charge in [0.2, 0.25) is 10.0 Å². The number of pyridine rings is 1. The molecule has 0 aliphatic carbocycles. The molecule has 2 heterocycles. The first kappa shape index (κ1) is 18.4. The van der Waals surface area contributed by atoms with Crippen LogP contribution in [0.5, 0.6) is 0 Å². The van der Waals surface area contributed by atoms with Crippen LogP contribution in [0.25, 0.3) is 0 Å². The number of piperidine rings is 1. The summed E-state index contributed by atoms with van der Waals surface area (Å²) in [5, 5.41) is 3.36. The van der Waals surface area contributed by atoms with E-state index in [4.69, 9.17) is 17.3 Å². The van der Waals surface area contributed by atoms with Crippen LogP contribution in [0.15, 0.2) is 17.2 Å². The summed E-state index contributed by atoms with van der Waals surface area (Å²) in [6.07, 6.45) is 3.21. The lowest BCUT2D eigenvalue weighted by atomic mass is 10.00. The molecular weight excluding hydrogens is 335 g/mol. The minimum atomic E-state index is -3.63. The van der Waals surface area contributed by atoms with Gasteiger partial charge in [-0.2, -0.15) is 4.31 Å². The monoisotopic (exact) mass is 354 g/mol. The zero-order valence-electron chi connectivity index (χ0n) is 11.8. The first-order chi connectivity index (χ1) is 9.45. The van der Waals surface area contributed by atoms with Crippen molar-refractivity contribution in [3.8, 4) is 0 Å². The molecule has 0 bridgehead atoms. The molecule has 1 aromatic heterocycles. The highest BCUT2D eigenvalue weighted by atomic mass is 35.5. The standard InChI is InChI=1S/C12H19ClN4O2S.ClH/c1-15-6-9-3-2-4-17(8-9)20(18,19)11-5-10(13)7-16-12(11)14;/h5,7,9,15H,2-4,6,8H2,1H3,(H2,14,16);1H. The van der Waals surface area contributed by atoms with Gasteiger partial charge in [-0.3, -0.25) is 0 Å². The fraction of sp³-hybridized carbons (Fsp3) is 0.583. The number of anilines is 1. The Labute approximate surface area is 136 Å². The lowest BCUT2D eigenvalue weighted by Gasteiger charge is -2.32. The molecule has 1 aromatic rings. The maximum atomic E-state index is 12.6. The first-order valence-electron chi connectivity index (χ1n) is 6.51. The molecule has 21 heavy (non-hydrogen) atoms. The third kappa shape index (κ3) is 4.20. The molecule has 1 saturated heterocycles. The molecular formula is C12H20Cl2N4O2S. The third-order valence-electron chi connectivity index (χ3n) is 3.44. The lowest BCUT2D eigenvalue weighted by Crippen LogP contribution is -2.42. The minimum absolute atomic E-state index is 0. The third-order valence-corrected chi connectivity index (χ3v) is 5.54. The van der Waals surface area contributed by atoms with Crippen molar-refractivity contribution in [2.45, 2.75) is 17.7 Å². The van der Waals surface area contributed by atoms with Gasteiger partial charge in [-0.25, -0.2) is 13.4 Å². The summed E-state index contributed by atoms with van der Waals surface area (Å²) in [5.41, 5.74) is 5.69. The highest BCUT2D eigenvalue weighted by Gasteiger charge is 2.31. The van der Waals surface area contributed by atoms with Gasteiger partial charge in [0.25, 0.3) is 0 Å². The van der Waals surface area contributed by atoms with Crippen LogP contribution < -0.4 is 11.1 Å². The molecule has 6 nitrogen and oxygen atoms in total. The van der Waals surface area contributed by atoms with Crippen molar-refractivity contribution in [1.29, 1.82) is 0 Å². The van der Waals surface area contributed by atoms with E-state index in [-0.39, 0.29) is 28.1 Å². The van der Waals surface area contributed by atoms with Crippen molar-refractivity contribution < 1.29 is 8.42 Å². The number of nitrogens with two attached hydrogens (primary N) is 1. The molecule has 0 spiro atoms. The van der Waals surface area contributed by atoms with Crippen LogP contribution in [0.2, 0.25) is 5.02 Å². The maximum absolute atomic E-state index is 12.6. The number of hydrogen-bond acceptors (Lipinski definition) is 5. The van der Waals surface area contributed by atoms with E-state index in [0.717, 1.165) is 19.4 Å². The second-order valence-electron chi connectivity index (χ2n) is 4.97. The molecule has 120 valence electrons. The Balaban J connectivity index is 0.00000220. The van der Waals surface area contributed by atoms with Gasteiger partial charge in [0.15, 0.2) is 0 Å². The van der Waals surface area contributed by atoms with E-state index in [1.807, 2.05) is 7.05 Å². The highest BCUT2D eigenvalue weighted by molar-refractivity contribution is 7.89. The second kappa shape index (κ2) is 7.60. The summed E-state index contributed by atoms with van der Waals surface area (Å²) < 4.78 is 26.7. The number of nitrogen functional groups attached to an aromatic ring is 1. The van der Waals surface area contributed by atoms with Crippen molar-refractivity contribution in [3.63, 3.8) is 0 Å². The summed E-state index contributed by atoms with van der Waals surface area (Å²) in [5.74, 6) is 0.307. The molecule has 1 unspecified atom stereocenters. The Hall–Kier alpha value is -0.600. The molecule has 1 fully saturated rings. The van der Waals surface area contributed by atoms with E-state index < -0.39 is 10.0 Å². The molecule has 1 aliphatic heterocycles. The number of nitrogens with one attached hydrogen (secondary N) is 1. The number of hydrogen-bond donors (Lipinski definition) is 2. The van der Waals surface area contributed by atoms with Gasteiger partial charge in [-0.05, 0) is 38.4 Å². The fourth-order valence-corrected chi connectivity index (χ4v) is 4.35. The first-order valence-corrected chi connectivity index (χ1v) is 8.32. The zero-order chi connectivity index (χ0) is 14.8. The van der Waals surface area contributed by atoms with E-state index in [2.05, 4.69) is 10.3 Å². The van der Waals surface area contributed by atoms with Crippen LogP contribution in [0.3, 0.4) is 0 Å². The smallest absolute Gasteiger partial charge is 0.246 e. The number of sulfonamides is 1. The quantitative estimate of drug-likeness (QED) is 0.851. The normalized spacial score (nSPS) is 20.0. The van der Waals surface area contributed by atoms with E-state index in [1.54, 1.807) is 0 Å². The predicted octanol–water partition coefficient (Wildman–Crippen LogP) is 1.36. The SMILES string of the molecule is CNCC1CCCN(S(=O)(=O)c2cc(Cl)cnc2N)C1.Cl. The molecule has 9 heteroatoms. The van der Waals surface area contributed by atoms with E-state index in [1.165, 1.54) is 16.6 Å². The number of halogens is 2. The fourth-order valence-electron chi connectivity index (χ4n) is 2.48. The van der Waals surface area contributed by atoms with Gasteiger partial charge in [-0.1, -0.05) is 11.6 Å². The molecule has 1 atom stereocenters. The predicted molar refractivity (Wildman–Crippen MR) is 86.3 cm³/mol. The van der Waals surface area contributed by atoms with Crippen LogP contribution in [0.1, 0.15) is 12.8 Å². The van der Waals surface area contributed by atoms with Gasteiger partial charge in [0.05, 0.1) is 5.02 Å². The molecule has 2 rings (SSSR count). The number of aromatic nitrogens is 1. The molecule has 1 aliphatic rings.